The number of hydrogen-bond donors (Lipinski definition) is 1. The average Bonchev–Trinajstić information content (AvgIpc) is 3.32. The lowest BCUT2D eigenvalue weighted by Crippen LogP contribution is -2.19. The molecule has 0 saturated carbocycles. The molecule has 1 amide bonds. The maximum atomic E-state index is 12.6. The summed E-state index contributed by atoms with van der Waals surface area (Å²) < 4.78 is 1.88. The van der Waals surface area contributed by atoms with E-state index in [1.807, 2.05) is 46.3 Å². The number of amides is 1. The van der Waals surface area contributed by atoms with Gasteiger partial charge >= 0.3 is 0 Å². The number of carbonyl (C=O) groups excluding carboxylic acids is 1. The van der Waals surface area contributed by atoms with Crippen LogP contribution >= 0.6 is 11.3 Å². The molecule has 2 aromatic carbocycles. The highest BCUT2D eigenvalue weighted by Crippen LogP contribution is 2.24. The highest BCUT2D eigenvalue weighted by atomic mass is 32.1. The van der Waals surface area contributed by atoms with Crippen molar-refractivity contribution in [2.45, 2.75) is 13.0 Å². The van der Waals surface area contributed by atoms with E-state index in [-0.39, 0.29) is 12.5 Å². The molecule has 4 rings (SSSR count). The van der Waals surface area contributed by atoms with Crippen LogP contribution in [0.15, 0.2) is 59.4 Å². The average molecular weight is 373 g/mol. The van der Waals surface area contributed by atoms with Crippen molar-refractivity contribution in [2.75, 3.05) is 5.32 Å². The van der Waals surface area contributed by atoms with E-state index in [0.29, 0.717) is 17.9 Å². The molecular weight excluding hydrogens is 358 g/mol. The van der Waals surface area contributed by atoms with Gasteiger partial charge in [0, 0.05) is 11.1 Å². The van der Waals surface area contributed by atoms with Crippen molar-refractivity contribution < 1.29 is 4.79 Å². The van der Waals surface area contributed by atoms with E-state index in [1.54, 1.807) is 17.6 Å². The summed E-state index contributed by atoms with van der Waals surface area (Å²) in [6.07, 6.45) is 0.353. The number of rotatable bonds is 5. The fourth-order valence-electron chi connectivity index (χ4n) is 2.90. The lowest BCUT2D eigenvalue weighted by Gasteiger charge is -2.09. The molecule has 0 spiro atoms. The molecule has 2 aromatic heterocycles. The number of benzene rings is 2. The van der Waals surface area contributed by atoms with Gasteiger partial charge in [0.25, 0.3) is 0 Å². The van der Waals surface area contributed by atoms with Crippen molar-refractivity contribution in [3.63, 3.8) is 0 Å². The molecule has 4 aromatic rings. The van der Waals surface area contributed by atoms with Crippen molar-refractivity contribution in [1.82, 2.24) is 14.5 Å². The Hall–Kier alpha value is -3.50. The fourth-order valence-corrected chi connectivity index (χ4v) is 3.43. The standard InChI is InChI=1S/C20H15N5OS/c21-10-9-14-5-7-15(8-6-14)23-19(26)11-25-18-4-2-1-3-16(18)24-20(25)17-12-27-13-22-17/h1-8,12-13H,9,11H2,(H,23,26). The first kappa shape index (κ1) is 16.9. The number of hydrogen-bond acceptors (Lipinski definition) is 5. The monoisotopic (exact) mass is 373 g/mol. The van der Waals surface area contributed by atoms with Crippen molar-refractivity contribution in [1.29, 1.82) is 5.26 Å². The van der Waals surface area contributed by atoms with E-state index >= 15 is 0 Å². The zero-order valence-electron chi connectivity index (χ0n) is 14.3. The normalized spacial score (nSPS) is 10.6. The lowest BCUT2D eigenvalue weighted by molar-refractivity contribution is -0.116. The summed E-state index contributed by atoms with van der Waals surface area (Å²) in [7, 11) is 0. The highest BCUT2D eigenvalue weighted by molar-refractivity contribution is 7.07. The Kier molecular flexibility index (Phi) is 4.64. The smallest absolute Gasteiger partial charge is 0.244 e. The van der Waals surface area contributed by atoms with Gasteiger partial charge in [0.15, 0.2) is 5.82 Å². The van der Waals surface area contributed by atoms with Gasteiger partial charge < -0.3 is 9.88 Å². The Bertz CT molecular complexity index is 1120. The van der Waals surface area contributed by atoms with Crippen LogP contribution in [0.5, 0.6) is 0 Å². The maximum Gasteiger partial charge on any atom is 0.244 e. The van der Waals surface area contributed by atoms with Gasteiger partial charge in [-0.25, -0.2) is 9.97 Å². The summed E-state index contributed by atoms with van der Waals surface area (Å²) in [5.41, 5.74) is 5.84. The third-order valence-corrected chi connectivity index (χ3v) is 4.73. The van der Waals surface area contributed by atoms with Gasteiger partial charge in [-0.05, 0) is 29.8 Å². The van der Waals surface area contributed by atoms with Crippen molar-refractivity contribution in [3.8, 4) is 17.6 Å². The molecule has 0 saturated heterocycles. The number of aromatic nitrogens is 3. The summed E-state index contributed by atoms with van der Waals surface area (Å²) in [6, 6.07) is 17.1. The Morgan fingerprint density at radius 1 is 1.19 bits per heavy atom. The molecule has 0 aliphatic rings. The summed E-state index contributed by atoms with van der Waals surface area (Å²) in [6.45, 7) is 0.132. The van der Waals surface area contributed by atoms with E-state index in [1.165, 1.54) is 11.3 Å². The largest absolute Gasteiger partial charge is 0.325 e. The molecule has 132 valence electrons. The van der Waals surface area contributed by atoms with Crippen molar-refractivity contribution in [3.05, 3.63) is 65.0 Å². The molecule has 6 nitrogen and oxygen atoms in total. The van der Waals surface area contributed by atoms with E-state index in [2.05, 4.69) is 21.4 Å². The number of nitrogens with one attached hydrogen (secondary N) is 1. The van der Waals surface area contributed by atoms with Crippen molar-refractivity contribution >= 4 is 34.0 Å². The molecule has 1 N–H and O–H groups in total. The molecule has 2 heterocycles. The number of nitrogens with zero attached hydrogens (tertiary/aromatic N) is 4. The molecule has 27 heavy (non-hydrogen) atoms. The molecule has 0 aliphatic heterocycles. The van der Waals surface area contributed by atoms with Crippen LogP contribution in [0.3, 0.4) is 0 Å². The predicted molar refractivity (Wildman–Crippen MR) is 105 cm³/mol. The van der Waals surface area contributed by atoms with Crippen molar-refractivity contribution in [2.24, 2.45) is 0 Å². The van der Waals surface area contributed by atoms with Crippen LogP contribution in [0.4, 0.5) is 5.69 Å². The molecular formula is C20H15N5OS. The number of carbonyl (C=O) groups is 1. The zero-order valence-corrected chi connectivity index (χ0v) is 15.1. The highest BCUT2D eigenvalue weighted by Gasteiger charge is 2.16. The van der Waals surface area contributed by atoms with Gasteiger partial charge in [0.05, 0.1) is 29.0 Å². The first-order chi connectivity index (χ1) is 13.2. The molecule has 0 radical (unpaired) electrons. The summed E-state index contributed by atoms with van der Waals surface area (Å²) in [4.78, 5) is 21.6. The zero-order chi connectivity index (χ0) is 18.6. The number of fused-ring (bicyclic) bond motifs is 1. The van der Waals surface area contributed by atoms with Gasteiger partial charge in [-0.15, -0.1) is 11.3 Å². The van der Waals surface area contributed by atoms with Crippen LogP contribution in [0.2, 0.25) is 0 Å². The fraction of sp³-hybridized carbons (Fsp3) is 0.100. The van der Waals surface area contributed by atoms with Crippen LogP contribution in [0.25, 0.3) is 22.6 Å². The lowest BCUT2D eigenvalue weighted by atomic mass is 10.1. The number of thiazole rings is 1. The molecule has 0 atom stereocenters. The van der Waals surface area contributed by atoms with E-state index in [0.717, 1.165) is 22.3 Å². The van der Waals surface area contributed by atoms with Crippen LogP contribution < -0.4 is 5.32 Å². The second kappa shape index (κ2) is 7.40. The predicted octanol–water partition coefficient (Wildman–Crippen LogP) is 3.86. The molecule has 0 unspecified atom stereocenters. The van der Waals surface area contributed by atoms with Gasteiger partial charge in [0.1, 0.15) is 12.2 Å². The van der Waals surface area contributed by atoms with Crippen LogP contribution in [-0.4, -0.2) is 20.4 Å². The second-order valence-corrected chi connectivity index (χ2v) is 6.68. The summed E-state index contributed by atoms with van der Waals surface area (Å²) in [5, 5.41) is 13.6. The van der Waals surface area contributed by atoms with Crippen LogP contribution in [0, 0.1) is 11.3 Å². The van der Waals surface area contributed by atoms with Gasteiger partial charge in [0.2, 0.25) is 5.91 Å². The Labute approximate surface area is 159 Å². The molecule has 0 aliphatic carbocycles. The Morgan fingerprint density at radius 2 is 2.00 bits per heavy atom. The number of anilines is 1. The van der Waals surface area contributed by atoms with E-state index in [4.69, 9.17) is 5.26 Å². The third kappa shape index (κ3) is 3.57. The van der Waals surface area contributed by atoms with Gasteiger partial charge in [-0.2, -0.15) is 5.26 Å². The topological polar surface area (TPSA) is 83.6 Å². The van der Waals surface area contributed by atoms with E-state index < -0.39 is 0 Å². The maximum absolute atomic E-state index is 12.6. The first-order valence-electron chi connectivity index (χ1n) is 8.34. The van der Waals surface area contributed by atoms with E-state index in [9.17, 15) is 4.79 Å². The summed E-state index contributed by atoms with van der Waals surface area (Å²) >= 11 is 1.49. The molecule has 0 fully saturated rings. The molecule has 7 heteroatoms. The Morgan fingerprint density at radius 3 is 2.74 bits per heavy atom. The number of imidazole rings is 1. The minimum atomic E-state index is -0.150. The van der Waals surface area contributed by atoms with Crippen LogP contribution in [-0.2, 0) is 17.8 Å². The minimum Gasteiger partial charge on any atom is -0.325 e. The summed E-state index contributed by atoms with van der Waals surface area (Å²) in [5.74, 6) is 0.527. The van der Waals surface area contributed by atoms with Gasteiger partial charge in [-0.3, -0.25) is 4.79 Å². The number of nitriles is 1. The third-order valence-electron chi connectivity index (χ3n) is 4.14. The SMILES string of the molecule is N#CCc1ccc(NC(=O)Cn2c(-c3cscn3)nc3ccccc32)cc1. The second-order valence-electron chi connectivity index (χ2n) is 5.96. The first-order valence-corrected chi connectivity index (χ1v) is 9.28. The quantitative estimate of drug-likeness (QED) is 0.576. The molecule has 0 bridgehead atoms. The van der Waals surface area contributed by atoms with Crippen LogP contribution in [0.1, 0.15) is 5.56 Å². The number of para-hydroxylation sites is 2. The minimum absolute atomic E-state index is 0.132. The van der Waals surface area contributed by atoms with Gasteiger partial charge in [-0.1, -0.05) is 24.3 Å². The Balaban J connectivity index is 1.60.